The Morgan fingerprint density at radius 2 is 1.77 bits per heavy atom. The molecule has 1 N–H and O–H groups in total. The number of nitrogens with zero attached hydrogens (tertiary/aromatic N) is 3. The summed E-state index contributed by atoms with van der Waals surface area (Å²) in [6, 6.07) is 14.1. The van der Waals surface area contributed by atoms with Gasteiger partial charge in [0.1, 0.15) is 17.3 Å². The highest BCUT2D eigenvalue weighted by Gasteiger charge is 2.33. The Hall–Kier alpha value is -3.93. The molecule has 3 rings (SSSR count). The molecule has 3 aromatic rings. The van der Waals surface area contributed by atoms with E-state index < -0.39 is 33.6 Å². The van der Waals surface area contributed by atoms with Crippen LogP contribution in [-0.4, -0.2) is 39.2 Å². The van der Waals surface area contributed by atoms with Crippen LogP contribution in [0.1, 0.15) is 30.2 Å². The van der Waals surface area contributed by atoms with Crippen LogP contribution in [0.4, 0.5) is 34.8 Å². The van der Waals surface area contributed by atoms with Gasteiger partial charge in [-0.15, -0.1) is 0 Å². The van der Waals surface area contributed by atoms with Gasteiger partial charge in [0.15, 0.2) is 0 Å². The van der Waals surface area contributed by atoms with Crippen LogP contribution in [0.3, 0.4) is 0 Å². The molecular weight excluding hydrogens is 536 g/mol. The lowest BCUT2D eigenvalue weighted by atomic mass is 10.1. The van der Waals surface area contributed by atoms with Gasteiger partial charge in [-0.05, 0) is 54.5 Å². The van der Waals surface area contributed by atoms with E-state index in [2.05, 4.69) is 10.3 Å². The minimum Gasteiger partial charge on any atom is -0.359 e. The second-order valence-corrected chi connectivity index (χ2v) is 10.6. The highest BCUT2D eigenvalue weighted by atomic mass is 32.2. The van der Waals surface area contributed by atoms with Crippen LogP contribution in [0.25, 0.3) is 6.08 Å². The number of carbonyl (C=O) groups is 1. The molecule has 0 aliphatic carbocycles. The molecule has 0 fully saturated rings. The molecule has 39 heavy (non-hydrogen) atoms. The molecule has 1 aromatic heterocycles. The van der Waals surface area contributed by atoms with Crippen molar-refractivity contribution in [1.29, 1.82) is 0 Å². The number of aromatic nitrogens is 1. The Labute approximate surface area is 224 Å². The van der Waals surface area contributed by atoms with Gasteiger partial charge in [0.05, 0.1) is 17.6 Å². The zero-order valence-corrected chi connectivity index (χ0v) is 22.4. The Morgan fingerprint density at radius 1 is 1.08 bits per heavy atom. The van der Waals surface area contributed by atoms with Crippen LogP contribution in [0, 0.1) is 5.82 Å². The van der Waals surface area contributed by atoms with Crippen molar-refractivity contribution in [3.63, 3.8) is 0 Å². The van der Waals surface area contributed by atoms with Crippen LogP contribution >= 0.6 is 0 Å². The maximum absolute atomic E-state index is 15.0. The lowest BCUT2D eigenvalue weighted by Gasteiger charge is -2.23. The van der Waals surface area contributed by atoms with Crippen molar-refractivity contribution in [3.05, 3.63) is 89.4 Å². The number of benzene rings is 2. The Balaban J connectivity index is 1.75. The molecule has 0 aliphatic rings. The fourth-order valence-electron chi connectivity index (χ4n) is 3.81. The van der Waals surface area contributed by atoms with Gasteiger partial charge in [0.2, 0.25) is 15.9 Å². The summed E-state index contributed by atoms with van der Waals surface area (Å²) in [5.41, 5.74) is -0.233. The highest BCUT2D eigenvalue weighted by molar-refractivity contribution is 7.92. The van der Waals surface area contributed by atoms with Crippen molar-refractivity contribution in [3.8, 4) is 0 Å². The molecule has 0 bridgehead atoms. The van der Waals surface area contributed by atoms with E-state index in [0.717, 1.165) is 28.8 Å². The van der Waals surface area contributed by atoms with E-state index >= 15 is 0 Å². The first-order valence-electron chi connectivity index (χ1n) is 11.9. The number of hydrogen-bond donors (Lipinski definition) is 1. The van der Waals surface area contributed by atoms with Crippen LogP contribution in [0.15, 0.2) is 66.7 Å². The van der Waals surface area contributed by atoms with Gasteiger partial charge < -0.3 is 10.2 Å². The summed E-state index contributed by atoms with van der Waals surface area (Å²) in [6.45, 7) is 2.27. The first-order chi connectivity index (χ1) is 18.3. The average molecular weight is 565 g/mol. The topological polar surface area (TPSA) is 82.6 Å². The number of amides is 1. The van der Waals surface area contributed by atoms with Crippen LogP contribution in [0.2, 0.25) is 0 Å². The van der Waals surface area contributed by atoms with Gasteiger partial charge in [-0.25, -0.2) is 22.1 Å². The molecule has 1 heterocycles. The van der Waals surface area contributed by atoms with Crippen LogP contribution < -0.4 is 14.5 Å². The molecule has 1 amide bonds. The SMILES string of the molecule is CCCN(C)c1nc(C(F)(F)F)ccc1/C=C\C(=O)NCc1ccc(N(c2ccccc2)S(C)(=O)=O)c(F)c1. The predicted octanol–water partition coefficient (Wildman–Crippen LogP) is 5.51. The summed E-state index contributed by atoms with van der Waals surface area (Å²) in [7, 11) is -2.23. The van der Waals surface area contributed by atoms with Crippen molar-refractivity contribution in [2.45, 2.75) is 26.1 Å². The summed E-state index contributed by atoms with van der Waals surface area (Å²) in [6.07, 6.45) is -0.444. The molecule has 208 valence electrons. The number of carbonyl (C=O) groups excluding carboxylic acids is 1. The molecule has 0 atom stereocenters. The maximum atomic E-state index is 15.0. The molecule has 0 unspecified atom stereocenters. The van der Waals surface area contributed by atoms with E-state index in [-0.39, 0.29) is 23.7 Å². The van der Waals surface area contributed by atoms with Gasteiger partial charge in [-0.3, -0.25) is 4.79 Å². The molecule has 2 aromatic carbocycles. The van der Waals surface area contributed by atoms with E-state index in [1.165, 1.54) is 24.3 Å². The number of hydrogen-bond acceptors (Lipinski definition) is 5. The van der Waals surface area contributed by atoms with Crippen LogP contribution in [-0.2, 0) is 27.5 Å². The number of anilines is 3. The van der Waals surface area contributed by atoms with Crippen molar-refractivity contribution in [1.82, 2.24) is 10.3 Å². The minimum absolute atomic E-state index is 0.0710. The monoisotopic (exact) mass is 564 g/mol. The number of rotatable bonds is 10. The third kappa shape index (κ3) is 7.79. The number of halogens is 4. The molecule has 7 nitrogen and oxygen atoms in total. The standard InChI is InChI=1S/C27H28F4N4O3S/c1-4-16-34(2)26-20(11-14-24(33-26)27(29,30)31)12-15-25(36)32-18-19-10-13-23(22(28)17-19)35(39(3,37)38)21-8-6-5-7-9-21/h5-15,17H,4,16,18H2,1-3H3,(H,32,36)/b15-12-. The lowest BCUT2D eigenvalue weighted by molar-refractivity contribution is -0.141. The Kier molecular flexibility index (Phi) is 9.33. The van der Waals surface area contributed by atoms with Gasteiger partial charge in [-0.2, -0.15) is 13.2 Å². The minimum atomic E-state index is -4.61. The van der Waals surface area contributed by atoms with Gasteiger partial charge in [0.25, 0.3) is 0 Å². The number of pyridine rings is 1. The quantitative estimate of drug-likeness (QED) is 0.259. The average Bonchev–Trinajstić information content (AvgIpc) is 2.87. The van der Waals surface area contributed by atoms with Crippen LogP contribution in [0.5, 0.6) is 0 Å². The molecule has 12 heteroatoms. The van der Waals surface area contributed by atoms with Crippen molar-refractivity contribution < 1.29 is 30.8 Å². The molecule has 0 aliphatic heterocycles. The third-order valence-corrected chi connectivity index (χ3v) is 6.62. The second-order valence-electron chi connectivity index (χ2n) is 8.73. The molecule has 0 saturated heterocycles. The summed E-state index contributed by atoms with van der Waals surface area (Å²) < 4.78 is 80.1. The maximum Gasteiger partial charge on any atom is 0.433 e. The third-order valence-electron chi connectivity index (χ3n) is 5.55. The Bertz CT molecular complexity index is 1450. The number of para-hydroxylation sites is 1. The first-order valence-corrected chi connectivity index (χ1v) is 13.7. The summed E-state index contributed by atoms with van der Waals surface area (Å²) in [5, 5.41) is 2.58. The van der Waals surface area contributed by atoms with E-state index in [9.17, 15) is 30.8 Å². The lowest BCUT2D eigenvalue weighted by Crippen LogP contribution is -2.26. The molecule has 0 spiro atoms. The van der Waals surface area contributed by atoms with Gasteiger partial charge >= 0.3 is 6.18 Å². The van der Waals surface area contributed by atoms with E-state index in [4.69, 9.17) is 0 Å². The van der Waals surface area contributed by atoms with Gasteiger partial charge in [-0.1, -0.05) is 31.2 Å². The second kappa shape index (κ2) is 12.3. The van der Waals surface area contributed by atoms with E-state index in [0.29, 0.717) is 24.1 Å². The summed E-state index contributed by atoms with van der Waals surface area (Å²) >= 11 is 0. The number of sulfonamides is 1. The zero-order valence-electron chi connectivity index (χ0n) is 21.5. The highest BCUT2D eigenvalue weighted by Crippen LogP contribution is 2.32. The van der Waals surface area contributed by atoms with Crippen molar-refractivity contribution in [2.24, 2.45) is 0 Å². The predicted molar refractivity (Wildman–Crippen MR) is 144 cm³/mol. The summed E-state index contributed by atoms with van der Waals surface area (Å²) in [4.78, 5) is 17.7. The largest absolute Gasteiger partial charge is 0.433 e. The molecule has 0 radical (unpaired) electrons. The molecule has 0 saturated carbocycles. The number of alkyl halides is 3. The fraction of sp³-hybridized carbons (Fsp3) is 0.259. The number of nitrogens with one attached hydrogen (secondary N) is 1. The first kappa shape index (κ1) is 29.6. The van der Waals surface area contributed by atoms with Crippen molar-refractivity contribution >= 4 is 39.2 Å². The normalized spacial score (nSPS) is 12.0. The van der Waals surface area contributed by atoms with E-state index in [1.54, 1.807) is 42.3 Å². The zero-order chi connectivity index (χ0) is 28.8. The van der Waals surface area contributed by atoms with E-state index in [1.807, 2.05) is 6.92 Å². The fourth-order valence-corrected chi connectivity index (χ4v) is 4.82. The Morgan fingerprint density at radius 3 is 2.36 bits per heavy atom. The van der Waals surface area contributed by atoms with Gasteiger partial charge in [0, 0.05) is 31.8 Å². The molecular formula is C27H28F4N4O3S. The smallest absolute Gasteiger partial charge is 0.359 e. The van der Waals surface area contributed by atoms with Crippen molar-refractivity contribution in [2.75, 3.05) is 29.1 Å². The summed E-state index contributed by atoms with van der Waals surface area (Å²) in [5.74, 6) is -1.28.